The number of carbonyl (C=O) groups excluding carboxylic acids is 1. The highest BCUT2D eigenvalue weighted by Crippen LogP contribution is 2.32. The molecule has 1 aromatic carbocycles. The molecule has 1 fully saturated rings. The van der Waals surface area contributed by atoms with Crippen molar-refractivity contribution in [3.63, 3.8) is 0 Å². The van der Waals surface area contributed by atoms with E-state index in [2.05, 4.69) is 15.5 Å². The molecule has 1 N–H and O–H groups in total. The molecule has 0 aliphatic carbocycles. The molecule has 30 heavy (non-hydrogen) atoms. The fraction of sp³-hybridized carbons (Fsp3) is 0.316. The number of nitrogens with zero attached hydrogens (tertiary/aromatic N) is 3. The molecule has 1 unspecified atom stereocenters. The Morgan fingerprint density at radius 1 is 1.23 bits per heavy atom. The highest BCUT2D eigenvalue weighted by Gasteiger charge is 2.40. The van der Waals surface area contributed by atoms with Gasteiger partial charge in [0.25, 0.3) is 10.0 Å². The first-order valence-electron chi connectivity index (χ1n) is 9.24. The summed E-state index contributed by atoms with van der Waals surface area (Å²) in [6.45, 7) is 4.19. The zero-order valence-electron chi connectivity index (χ0n) is 16.3. The minimum Gasteiger partial charge on any atom is -0.403 e. The van der Waals surface area contributed by atoms with Gasteiger partial charge in [0.2, 0.25) is 11.8 Å². The number of sulfonamides is 1. The lowest BCUT2D eigenvalue weighted by Gasteiger charge is -2.21. The molecule has 158 valence electrons. The van der Waals surface area contributed by atoms with Crippen molar-refractivity contribution in [1.29, 1.82) is 0 Å². The first kappa shape index (κ1) is 21.0. The van der Waals surface area contributed by atoms with Gasteiger partial charge in [-0.3, -0.25) is 10.1 Å². The van der Waals surface area contributed by atoms with Crippen molar-refractivity contribution in [3.8, 4) is 11.5 Å². The monoisotopic (exact) mass is 466 g/mol. The summed E-state index contributed by atoms with van der Waals surface area (Å²) in [4.78, 5) is 12.8. The topological polar surface area (TPSA) is 105 Å². The van der Waals surface area contributed by atoms with E-state index in [1.54, 1.807) is 0 Å². The molecule has 0 bridgehead atoms. The average molecular weight is 467 g/mol. The molecule has 0 spiro atoms. The Balaban J connectivity index is 1.52. The van der Waals surface area contributed by atoms with E-state index in [1.807, 2.05) is 32.0 Å². The van der Waals surface area contributed by atoms with Gasteiger partial charge in [0.1, 0.15) is 10.3 Å². The van der Waals surface area contributed by atoms with Crippen molar-refractivity contribution in [2.45, 2.75) is 36.9 Å². The van der Waals surface area contributed by atoms with Crippen molar-refractivity contribution < 1.29 is 17.6 Å². The molecule has 1 aliphatic heterocycles. The number of amides is 1. The summed E-state index contributed by atoms with van der Waals surface area (Å²) in [7, 11) is -3.81. The number of anilines is 1. The Bertz CT molecular complexity index is 1180. The smallest absolute Gasteiger partial charge is 0.322 e. The minimum absolute atomic E-state index is 0.0717. The molecule has 2 aromatic heterocycles. The number of aryl methyl sites for hydroxylation is 2. The van der Waals surface area contributed by atoms with Crippen LogP contribution in [0.2, 0.25) is 4.34 Å². The molecule has 4 rings (SSSR count). The van der Waals surface area contributed by atoms with Crippen molar-refractivity contribution in [2.24, 2.45) is 0 Å². The van der Waals surface area contributed by atoms with Gasteiger partial charge in [-0.2, -0.15) is 4.31 Å². The number of aromatic nitrogens is 2. The Morgan fingerprint density at radius 3 is 2.63 bits per heavy atom. The molecular weight excluding hydrogens is 448 g/mol. The summed E-state index contributed by atoms with van der Waals surface area (Å²) in [6.07, 6.45) is 0.982. The van der Waals surface area contributed by atoms with Crippen LogP contribution in [-0.2, 0) is 14.8 Å². The van der Waals surface area contributed by atoms with Crippen LogP contribution < -0.4 is 5.32 Å². The van der Waals surface area contributed by atoms with Crippen LogP contribution in [0.15, 0.2) is 39.0 Å². The maximum Gasteiger partial charge on any atom is 0.322 e. The summed E-state index contributed by atoms with van der Waals surface area (Å²) < 4.78 is 33.1. The molecule has 1 atom stereocenters. The number of benzene rings is 1. The van der Waals surface area contributed by atoms with Crippen LogP contribution in [0.3, 0.4) is 0 Å². The lowest BCUT2D eigenvalue weighted by molar-refractivity contribution is -0.119. The van der Waals surface area contributed by atoms with Crippen LogP contribution in [0.5, 0.6) is 0 Å². The Morgan fingerprint density at radius 2 is 1.97 bits per heavy atom. The zero-order chi connectivity index (χ0) is 21.5. The van der Waals surface area contributed by atoms with Gasteiger partial charge in [-0.25, -0.2) is 8.42 Å². The van der Waals surface area contributed by atoms with Crippen molar-refractivity contribution >= 4 is 44.9 Å². The quantitative estimate of drug-likeness (QED) is 0.612. The molecule has 0 saturated carbocycles. The van der Waals surface area contributed by atoms with Gasteiger partial charge < -0.3 is 4.42 Å². The maximum atomic E-state index is 12.9. The number of carbonyl (C=O) groups is 1. The number of hydrogen-bond acceptors (Lipinski definition) is 7. The third-order valence-electron chi connectivity index (χ3n) is 4.74. The SMILES string of the molecule is Cc1cc(C)cc(-c2nnc(NC(=O)C3CCCN3S(=O)(=O)c3ccc(Cl)s3)o2)c1. The van der Waals surface area contributed by atoms with E-state index in [1.165, 1.54) is 16.4 Å². The van der Waals surface area contributed by atoms with Gasteiger partial charge in [0, 0.05) is 12.1 Å². The fourth-order valence-corrected chi connectivity index (χ4v) is 6.79. The molecule has 1 saturated heterocycles. The standard InChI is InChI=1S/C19H19ClN4O4S2/c1-11-8-12(2)10-13(9-11)18-22-23-19(28-18)21-17(25)14-4-3-7-24(14)30(26,27)16-6-5-15(20)29-16/h5-6,8-10,14H,3-4,7H2,1-2H3,(H,21,23,25). The summed E-state index contributed by atoms with van der Waals surface area (Å²) >= 11 is 6.85. The van der Waals surface area contributed by atoms with Crippen LogP contribution >= 0.6 is 22.9 Å². The second-order valence-electron chi connectivity index (χ2n) is 7.11. The van der Waals surface area contributed by atoms with E-state index in [0.717, 1.165) is 28.0 Å². The summed E-state index contributed by atoms with van der Waals surface area (Å²) in [5.41, 5.74) is 2.85. The van der Waals surface area contributed by atoms with Crippen LogP contribution in [0.25, 0.3) is 11.5 Å². The molecule has 8 nitrogen and oxygen atoms in total. The van der Waals surface area contributed by atoms with Crippen LogP contribution in [0.1, 0.15) is 24.0 Å². The van der Waals surface area contributed by atoms with Gasteiger partial charge in [-0.15, -0.1) is 16.4 Å². The lowest BCUT2D eigenvalue weighted by Crippen LogP contribution is -2.42. The van der Waals surface area contributed by atoms with Crippen molar-refractivity contribution in [1.82, 2.24) is 14.5 Å². The normalized spacial score (nSPS) is 17.4. The predicted octanol–water partition coefficient (Wildman–Crippen LogP) is 3.86. The van der Waals surface area contributed by atoms with Gasteiger partial charge in [-0.05, 0) is 51.0 Å². The van der Waals surface area contributed by atoms with E-state index in [4.69, 9.17) is 16.0 Å². The van der Waals surface area contributed by atoms with Crippen LogP contribution in [-0.4, -0.2) is 41.4 Å². The first-order valence-corrected chi connectivity index (χ1v) is 11.9. The molecule has 3 aromatic rings. The highest BCUT2D eigenvalue weighted by molar-refractivity contribution is 7.91. The molecule has 1 amide bonds. The van der Waals surface area contributed by atoms with Crippen molar-refractivity contribution in [2.75, 3.05) is 11.9 Å². The van der Waals surface area contributed by atoms with E-state index in [0.29, 0.717) is 17.2 Å². The Kier molecular flexibility index (Phi) is 5.67. The number of hydrogen-bond donors (Lipinski definition) is 1. The molecule has 0 radical (unpaired) electrons. The number of thiophene rings is 1. The first-order chi connectivity index (χ1) is 14.2. The van der Waals surface area contributed by atoms with Gasteiger partial charge in [-0.1, -0.05) is 33.9 Å². The predicted molar refractivity (Wildman–Crippen MR) is 114 cm³/mol. The molecule has 1 aliphatic rings. The lowest BCUT2D eigenvalue weighted by atomic mass is 10.1. The van der Waals surface area contributed by atoms with Crippen molar-refractivity contribution in [3.05, 3.63) is 45.8 Å². The summed E-state index contributed by atoms with van der Waals surface area (Å²) in [5, 5.41) is 10.4. The van der Waals surface area contributed by atoms with E-state index in [-0.39, 0.29) is 22.7 Å². The Labute approximate surface area is 182 Å². The van der Waals surface area contributed by atoms with Crippen LogP contribution in [0.4, 0.5) is 6.01 Å². The second kappa shape index (κ2) is 8.10. The number of halogens is 1. The zero-order valence-corrected chi connectivity index (χ0v) is 18.6. The van der Waals surface area contributed by atoms with E-state index < -0.39 is 22.0 Å². The molecular formula is C19H19ClN4O4S2. The third-order valence-corrected chi connectivity index (χ3v) is 8.35. The second-order valence-corrected chi connectivity index (χ2v) is 10.9. The van der Waals surface area contributed by atoms with E-state index in [9.17, 15) is 13.2 Å². The number of nitrogens with one attached hydrogen (secondary N) is 1. The fourth-order valence-electron chi connectivity index (χ4n) is 3.52. The van der Waals surface area contributed by atoms with Crippen LogP contribution in [0, 0.1) is 13.8 Å². The number of rotatable bonds is 5. The largest absolute Gasteiger partial charge is 0.403 e. The van der Waals surface area contributed by atoms with Gasteiger partial charge >= 0.3 is 6.01 Å². The molecule has 3 heterocycles. The summed E-state index contributed by atoms with van der Waals surface area (Å²) in [5.74, 6) is -0.226. The van der Waals surface area contributed by atoms with Gasteiger partial charge in [0.15, 0.2) is 0 Å². The van der Waals surface area contributed by atoms with E-state index >= 15 is 0 Å². The molecule has 11 heteroatoms. The van der Waals surface area contributed by atoms with Gasteiger partial charge in [0.05, 0.1) is 4.34 Å². The highest BCUT2D eigenvalue weighted by atomic mass is 35.5. The summed E-state index contributed by atoms with van der Waals surface area (Å²) in [6, 6.07) is 7.89. The Hall–Kier alpha value is -2.27. The third kappa shape index (κ3) is 4.13. The average Bonchev–Trinajstić information content (AvgIpc) is 3.41. The minimum atomic E-state index is -3.81. The maximum absolute atomic E-state index is 12.9.